The summed E-state index contributed by atoms with van der Waals surface area (Å²) in [7, 11) is 2.64. The lowest BCUT2D eigenvalue weighted by atomic mass is 9.88. The van der Waals surface area contributed by atoms with Crippen LogP contribution in [0, 0.1) is 0 Å². The number of carboxylic acids is 1. The lowest BCUT2D eigenvalue weighted by molar-refractivity contribution is -0.288. The van der Waals surface area contributed by atoms with Crippen molar-refractivity contribution in [2.45, 2.75) is 49.6 Å². The minimum atomic E-state index is -2.25. The Morgan fingerprint density at radius 1 is 1.39 bits per heavy atom. The molecule has 1 fully saturated rings. The second-order valence-corrected chi connectivity index (χ2v) is 8.66. The van der Waals surface area contributed by atoms with Crippen LogP contribution in [0.4, 0.5) is 0 Å². The molecule has 0 bridgehead atoms. The molecule has 0 spiro atoms. The Bertz CT molecular complexity index is 999. The van der Waals surface area contributed by atoms with E-state index in [9.17, 15) is 24.9 Å². The zero-order valence-corrected chi connectivity index (χ0v) is 19.9. The standard InChI is InChI=1S/C21H27BrN2O9/c1-10(26)24-17-15(30-2)7-21(20(28)29,33-19(17)18(31-3)14(27)9-25)32-16-8-23-13-5-4-11(22)6-12(13)16/h4-6,8,14-15,17-19,23,25,27H,7,9H2,1-3H3,(H,24,26)(H,28,29)/t14-,15+,17-,18-,19-,21-/m1/s1. The van der Waals surface area contributed by atoms with E-state index < -0.39 is 54.7 Å². The number of hydrogen-bond donors (Lipinski definition) is 5. The zero-order chi connectivity index (χ0) is 24.3. The van der Waals surface area contributed by atoms with E-state index in [1.807, 2.05) is 6.07 Å². The molecule has 5 N–H and O–H groups in total. The van der Waals surface area contributed by atoms with Crippen molar-refractivity contribution in [3.05, 3.63) is 28.9 Å². The first-order chi connectivity index (χ1) is 15.7. The van der Waals surface area contributed by atoms with Crippen LogP contribution in [-0.4, -0.2) is 89.3 Å². The fraction of sp³-hybridized carbons (Fsp3) is 0.524. The number of benzene rings is 1. The fourth-order valence-electron chi connectivity index (χ4n) is 4.05. The Labute approximate surface area is 198 Å². The van der Waals surface area contributed by atoms with Crippen molar-refractivity contribution in [1.82, 2.24) is 10.3 Å². The van der Waals surface area contributed by atoms with Crippen molar-refractivity contribution in [1.29, 1.82) is 0 Å². The van der Waals surface area contributed by atoms with Gasteiger partial charge in [-0.2, -0.15) is 0 Å². The zero-order valence-electron chi connectivity index (χ0n) is 18.3. The van der Waals surface area contributed by atoms with Crippen LogP contribution in [0.5, 0.6) is 5.75 Å². The number of hydrogen-bond acceptors (Lipinski definition) is 8. The van der Waals surface area contributed by atoms with Crippen molar-refractivity contribution in [3.63, 3.8) is 0 Å². The predicted molar refractivity (Wildman–Crippen MR) is 119 cm³/mol. The van der Waals surface area contributed by atoms with E-state index in [0.717, 1.165) is 4.47 Å². The molecule has 6 atom stereocenters. The summed E-state index contributed by atoms with van der Waals surface area (Å²) in [4.78, 5) is 27.4. The maximum Gasteiger partial charge on any atom is 0.377 e. The van der Waals surface area contributed by atoms with Crippen LogP contribution >= 0.6 is 15.9 Å². The fourth-order valence-corrected chi connectivity index (χ4v) is 4.41. The number of ether oxygens (including phenoxy) is 4. The van der Waals surface area contributed by atoms with Crippen LogP contribution in [0.25, 0.3) is 10.9 Å². The third-order valence-corrected chi connectivity index (χ3v) is 6.09. The normalized spacial score (nSPS) is 27.2. The summed E-state index contributed by atoms with van der Waals surface area (Å²) < 4.78 is 23.6. The van der Waals surface area contributed by atoms with E-state index in [-0.39, 0.29) is 12.2 Å². The number of aliphatic hydroxyl groups is 2. The van der Waals surface area contributed by atoms with E-state index in [2.05, 4.69) is 26.2 Å². The molecular formula is C21H27BrN2O9. The molecule has 3 rings (SSSR count). The molecule has 1 saturated heterocycles. The van der Waals surface area contributed by atoms with Gasteiger partial charge in [-0.25, -0.2) is 4.79 Å². The van der Waals surface area contributed by atoms with Crippen LogP contribution < -0.4 is 10.1 Å². The van der Waals surface area contributed by atoms with E-state index in [0.29, 0.717) is 10.9 Å². The number of methoxy groups -OCH3 is 2. The van der Waals surface area contributed by atoms with E-state index in [1.165, 1.54) is 27.3 Å². The average Bonchev–Trinajstić information content (AvgIpc) is 3.16. The number of carbonyl (C=O) groups is 2. The van der Waals surface area contributed by atoms with E-state index in [4.69, 9.17) is 18.9 Å². The Morgan fingerprint density at radius 3 is 2.70 bits per heavy atom. The molecule has 1 amide bonds. The predicted octanol–water partition coefficient (Wildman–Crippen LogP) is 0.767. The van der Waals surface area contributed by atoms with Gasteiger partial charge in [-0.1, -0.05) is 15.9 Å². The number of nitrogens with one attached hydrogen (secondary N) is 2. The molecule has 11 nitrogen and oxygen atoms in total. The number of aromatic amines is 1. The number of fused-ring (bicyclic) bond motifs is 1. The number of carboxylic acid groups (broad SMARTS) is 1. The van der Waals surface area contributed by atoms with Gasteiger partial charge in [-0.05, 0) is 18.2 Å². The van der Waals surface area contributed by atoms with Crippen LogP contribution in [0.2, 0.25) is 0 Å². The highest BCUT2D eigenvalue weighted by Gasteiger charge is 2.57. The molecule has 2 heterocycles. The number of halogens is 1. The Hall–Kier alpha value is -2.22. The van der Waals surface area contributed by atoms with Crippen LogP contribution in [0.3, 0.4) is 0 Å². The van der Waals surface area contributed by atoms with Gasteiger partial charge in [-0.3, -0.25) is 4.79 Å². The van der Waals surface area contributed by atoms with Gasteiger partial charge < -0.3 is 44.6 Å². The molecular weight excluding hydrogens is 504 g/mol. The second-order valence-electron chi connectivity index (χ2n) is 7.74. The Kier molecular flexibility index (Phi) is 7.98. The first-order valence-corrected chi connectivity index (χ1v) is 10.9. The summed E-state index contributed by atoms with van der Waals surface area (Å²) in [5.41, 5.74) is 0.714. The van der Waals surface area contributed by atoms with Crippen molar-refractivity contribution >= 4 is 38.7 Å². The van der Waals surface area contributed by atoms with Gasteiger partial charge in [0.2, 0.25) is 5.91 Å². The van der Waals surface area contributed by atoms with Gasteiger partial charge in [0.15, 0.2) is 0 Å². The number of rotatable bonds is 9. The Balaban J connectivity index is 2.07. The first-order valence-electron chi connectivity index (χ1n) is 10.1. The monoisotopic (exact) mass is 530 g/mol. The molecule has 0 aliphatic carbocycles. The second kappa shape index (κ2) is 10.4. The lowest BCUT2D eigenvalue weighted by Gasteiger charge is -2.48. The summed E-state index contributed by atoms with van der Waals surface area (Å²) in [6.07, 6.45) is -3.53. The third-order valence-electron chi connectivity index (χ3n) is 5.59. The topological polar surface area (TPSA) is 160 Å². The maximum atomic E-state index is 12.5. The molecule has 1 aliphatic rings. The summed E-state index contributed by atoms with van der Waals surface area (Å²) in [6, 6.07) is 4.49. The molecule has 33 heavy (non-hydrogen) atoms. The number of H-pyrrole nitrogens is 1. The Morgan fingerprint density at radius 2 is 2.12 bits per heavy atom. The van der Waals surface area contributed by atoms with E-state index >= 15 is 0 Å². The minimum Gasteiger partial charge on any atom is -0.476 e. The lowest BCUT2D eigenvalue weighted by Crippen LogP contribution is -2.69. The van der Waals surface area contributed by atoms with Crippen LogP contribution in [0.1, 0.15) is 13.3 Å². The highest BCUT2D eigenvalue weighted by molar-refractivity contribution is 9.10. The van der Waals surface area contributed by atoms with Crippen LogP contribution in [-0.2, 0) is 23.8 Å². The van der Waals surface area contributed by atoms with E-state index in [1.54, 1.807) is 12.1 Å². The molecule has 1 aliphatic heterocycles. The van der Waals surface area contributed by atoms with Crippen LogP contribution in [0.15, 0.2) is 28.9 Å². The van der Waals surface area contributed by atoms with Crippen molar-refractivity contribution in [3.8, 4) is 5.75 Å². The van der Waals surface area contributed by atoms with Gasteiger partial charge in [0, 0.05) is 42.7 Å². The summed E-state index contributed by atoms with van der Waals surface area (Å²) in [5, 5.41) is 33.3. The SMILES string of the molecule is CO[C@@H]([C@@H]1O[C@@](Oc2c[nH]c3ccc(Br)cc23)(C(=O)O)C[C@H](OC)[C@H]1NC(C)=O)[C@H](O)CO. The quantitative estimate of drug-likeness (QED) is 0.315. The molecule has 182 valence electrons. The summed E-state index contributed by atoms with van der Waals surface area (Å²) in [6.45, 7) is 0.605. The molecule has 1 aromatic carbocycles. The van der Waals surface area contributed by atoms with Crippen molar-refractivity contribution < 1.29 is 43.9 Å². The van der Waals surface area contributed by atoms with Crippen molar-refractivity contribution in [2.24, 2.45) is 0 Å². The van der Waals surface area contributed by atoms with Crippen molar-refractivity contribution in [2.75, 3.05) is 20.8 Å². The molecule has 0 radical (unpaired) electrons. The number of carbonyl (C=O) groups excluding carboxylic acids is 1. The van der Waals surface area contributed by atoms with Gasteiger partial charge >= 0.3 is 11.8 Å². The third kappa shape index (κ3) is 5.15. The van der Waals surface area contributed by atoms with Gasteiger partial charge in [0.25, 0.3) is 0 Å². The number of aromatic nitrogens is 1. The molecule has 1 aromatic heterocycles. The number of aliphatic carboxylic acids is 1. The molecule has 2 aromatic rings. The smallest absolute Gasteiger partial charge is 0.377 e. The first kappa shape index (κ1) is 25.4. The average molecular weight is 531 g/mol. The molecule has 0 unspecified atom stereocenters. The van der Waals surface area contributed by atoms with Gasteiger partial charge in [0.1, 0.15) is 24.1 Å². The number of aliphatic hydroxyl groups excluding tert-OH is 2. The molecule has 12 heteroatoms. The highest BCUT2D eigenvalue weighted by atomic mass is 79.9. The van der Waals surface area contributed by atoms with Gasteiger partial charge in [0.05, 0.1) is 25.2 Å². The maximum absolute atomic E-state index is 12.5. The number of amides is 1. The molecule has 0 saturated carbocycles. The highest BCUT2D eigenvalue weighted by Crippen LogP contribution is 2.38. The van der Waals surface area contributed by atoms with Gasteiger partial charge in [-0.15, -0.1) is 0 Å². The largest absolute Gasteiger partial charge is 0.476 e. The summed E-state index contributed by atoms with van der Waals surface area (Å²) in [5.74, 6) is -3.89. The summed E-state index contributed by atoms with van der Waals surface area (Å²) >= 11 is 3.39. The minimum absolute atomic E-state index is 0.219.